The minimum absolute atomic E-state index is 0.000814. The van der Waals surface area contributed by atoms with E-state index in [2.05, 4.69) is 15.0 Å². The van der Waals surface area contributed by atoms with Gasteiger partial charge in [0.2, 0.25) is 5.95 Å². The van der Waals surface area contributed by atoms with E-state index in [1.54, 1.807) is 0 Å². The highest BCUT2D eigenvalue weighted by molar-refractivity contribution is 7.48. The van der Waals surface area contributed by atoms with E-state index < -0.39 is 37.5 Å². The summed E-state index contributed by atoms with van der Waals surface area (Å²) >= 11 is 0. The van der Waals surface area contributed by atoms with Crippen LogP contribution in [0.15, 0.2) is 11.1 Å². The van der Waals surface area contributed by atoms with Gasteiger partial charge in [0.25, 0.3) is 5.56 Å². The molecule has 2 saturated heterocycles. The standard InChI is InChI=1S/C16H21FN5O6P/c1-16(17)11-9(6-25-29(24,28-11)27-8-4-2-3-5-8)26-14(16)22-7-19-10-12(22)20-15(18)21-13(10)23/h7-9,11,14H,2-6H2,1H3,(H3,18,20,21,23)/t9-,11-,14-,16-,29+/m1/s1. The number of rotatable bonds is 3. The van der Waals surface area contributed by atoms with Gasteiger partial charge in [0.15, 0.2) is 23.1 Å². The molecule has 3 N–H and O–H groups in total. The zero-order valence-corrected chi connectivity index (χ0v) is 16.5. The Balaban J connectivity index is 1.45. The van der Waals surface area contributed by atoms with Gasteiger partial charge in [0.1, 0.15) is 12.2 Å². The molecule has 0 aromatic carbocycles. The Hall–Kier alpha value is -1.85. The number of imidazole rings is 1. The molecule has 1 aliphatic carbocycles. The number of aromatic amines is 1. The quantitative estimate of drug-likeness (QED) is 0.698. The largest absolute Gasteiger partial charge is 0.475 e. The number of anilines is 1. The van der Waals surface area contributed by atoms with E-state index in [0.717, 1.165) is 25.7 Å². The Bertz CT molecular complexity index is 1050. The van der Waals surface area contributed by atoms with E-state index in [0.29, 0.717) is 0 Å². The first kappa shape index (κ1) is 19.1. The average molecular weight is 429 g/mol. The predicted molar refractivity (Wildman–Crippen MR) is 97.8 cm³/mol. The molecule has 11 nitrogen and oxygen atoms in total. The van der Waals surface area contributed by atoms with E-state index in [1.807, 2.05) is 0 Å². The molecule has 2 aromatic heterocycles. The third-order valence-electron chi connectivity index (χ3n) is 5.60. The molecule has 0 bridgehead atoms. The number of aromatic nitrogens is 4. The van der Waals surface area contributed by atoms with Crippen molar-refractivity contribution >= 4 is 24.9 Å². The van der Waals surface area contributed by atoms with Gasteiger partial charge in [-0.1, -0.05) is 12.8 Å². The monoisotopic (exact) mass is 429 g/mol. The lowest BCUT2D eigenvalue weighted by atomic mass is 9.98. The van der Waals surface area contributed by atoms with Crippen LogP contribution in [0.1, 0.15) is 38.8 Å². The van der Waals surface area contributed by atoms with E-state index in [-0.39, 0.29) is 29.8 Å². The molecular weight excluding hydrogens is 408 g/mol. The lowest BCUT2D eigenvalue weighted by molar-refractivity contribution is -0.0745. The van der Waals surface area contributed by atoms with Gasteiger partial charge in [0.05, 0.1) is 19.0 Å². The summed E-state index contributed by atoms with van der Waals surface area (Å²) in [5.74, 6) is -0.130. The molecule has 0 amide bonds. The fourth-order valence-electron chi connectivity index (χ4n) is 4.19. The number of nitrogen functional groups attached to an aromatic ring is 1. The highest BCUT2D eigenvalue weighted by Gasteiger charge is 2.62. The first-order chi connectivity index (χ1) is 13.8. The molecule has 0 spiro atoms. The number of phosphoric acid groups is 1. The van der Waals surface area contributed by atoms with Gasteiger partial charge in [-0.3, -0.25) is 27.9 Å². The Morgan fingerprint density at radius 1 is 1.45 bits per heavy atom. The van der Waals surface area contributed by atoms with Gasteiger partial charge in [-0.15, -0.1) is 0 Å². The summed E-state index contributed by atoms with van der Waals surface area (Å²) in [7, 11) is -3.92. The topological polar surface area (TPSA) is 144 Å². The van der Waals surface area contributed by atoms with Crippen LogP contribution >= 0.6 is 7.82 Å². The Labute approximate surface area is 164 Å². The van der Waals surface area contributed by atoms with Crippen LogP contribution in [-0.2, 0) is 22.9 Å². The number of halogens is 1. The van der Waals surface area contributed by atoms with Crippen molar-refractivity contribution in [3.05, 3.63) is 16.7 Å². The third-order valence-corrected chi connectivity index (χ3v) is 7.11. The summed E-state index contributed by atoms with van der Waals surface area (Å²) in [6.45, 7) is 1.13. The molecule has 0 unspecified atom stereocenters. The number of phosphoric ester groups is 1. The average Bonchev–Trinajstić information content (AvgIpc) is 3.34. The van der Waals surface area contributed by atoms with Crippen molar-refractivity contribution in [3.63, 3.8) is 0 Å². The third kappa shape index (κ3) is 3.10. The van der Waals surface area contributed by atoms with Crippen LogP contribution in [0.3, 0.4) is 0 Å². The fourth-order valence-corrected chi connectivity index (χ4v) is 5.89. The van der Waals surface area contributed by atoms with Crippen LogP contribution in [0.25, 0.3) is 11.2 Å². The van der Waals surface area contributed by atoms with Gasteiger partial charge in [-0.05, 0) is 19.8 Å². The zero-order valence-electron chi connectivity index (χ0n) is 15.6. The van der Waals surface area contributed by atoms with Crippen LogP contribution in [0.4, 0.5) is 10.3 Å². The lowest BCUT2D eigenvalue weighted by Crippen LogP contribution is -2.45. The maximum atomic E-state index is 15.9. The molecule has 5 rings (SSSR count). The summed E-state index contributed by atoms with van der Waals surface area (Å²) in [6.07, 6.45) is 1.26. The van der Waals surface area contributed by atoms with Crippen molar-refractivity contribution in [2.75, 3.05) is 12.3 Å². The van der Waals surface area contributed by atoms with E-state index >= 15 is 4.39 Å². The van der Waals surface area contributed by atoms with Gasteiger partial charge < -0.3 is 10.5 Å². The van der Waals surface area contributed by atoms with Crippen LogP contribution in [0.2, 0.25) is 0 Å². The lowest BCUT2D eigenvalue weighted by Gasteiger charge is -2.34. The highest BCUT2D eigenvalue weighted by Crippen LogP contribution is 2.61. The highest BCUT2D eigenvalue weighted by atomic mass is 31.2. The van der Waals surface area contributed by atoms with Crippen molar-refractivity contribution in [3.8, 4) is 0 Å². The van der Waals surface area contributed by atoms with E-state index in [9.17, 15) is 9.36 Å². The Morgan fingerprint density at radius 2 is 2.21 bits per heavy atom. The van der Waals surface area contributed by atoms with Crippen molar-refractivity contribution in [2.24, 2.45) is 0 Å². The minimum atomic E-state index is -3.92. The summed E-state index contributed by atoms with van der Waals surface area (Å²) in [6, 6.07) is 0. The Kier molecular flexibility index (Phi) is 4.34. The SMILES string of the molecule is C[C@@]1(F)[C@@H]2O[P@](=O)(OC3CCCC3)OC[C@H]2O[C@H]1n1cnc2c(=O)[nH]c(N)nc21. The van der Waals surface area contributed by atoms with Crippen molar-refractivity contribution in [1.29, 1.82) is 0 Å². The molecule has 29 heavy (non-hydrogen) atoms. The molecule has 158 valence electrons. The molecule has 2 aliphatic heterocycles. The van der Waals surface area contributed by atoms with E-state index in [4.69, 9.17) is 24.0 Å². The van der Waals surface area contributed by atoms with Crippen molar-refractivity contribution < 1.29 is 27.3 Å². The maximum absolute atomic E-state index is 15.9. The summed E-state index contributed by atoms with van der Waals surface area (Å²) in [5.41, 5.74) is 3.01. The number of nitrogens with zero attached hydrogens (tertiary/aromatic N) is 3. The molecule has 3 fully saturated rings. The number of nitrogens with one attached hydrogen (secondary N) is 1. The predicted octanol–water partition coefficient (Wildman–Crippen LogP) is 1.81. The summed E-state index contributed by atoms with van der Waals surface area (Å²) in [4.78, 5) is 22.4. The van der Waals surface area contributed by atoms with Gasteiger partial charge in [-0.2, -0.15) is 4.98 Å². The molecule has 3 aliphatic rings. The van der Waals surface area contributed by atoms with Crippen molar-refractivity contribution in [2.45, 2.75) is 62.8 Å². The number of alkyl halides is 1. The zero-order chi connectivity index (χ0) is 20.4. The molecule has 0 radical (unpaired) electrons. The van der Waals surface area contributed by atoms with Crippen LogP contribution in [-0.4, -0.2) is 50.1 Å². The summed E-state index contributed by atoms with van der Waals surface area (Å²) < 4.78 is 52.3. The maximum Gasteiger partial charge on any atom is 0.475 e. The second-order valence-corrected chi connectivity index (χ2v) is 9.31. The first-order valence-corrected chi connectivity index (χ1v) is 10.9. The fraction of sp³-hybridized carbons (Fsp3) is 0.688. The molecule has 4 heterocycles. The molecular formula is C16H21FN5O6P. The van der Waals surface area contributed by atoms with Gasteiger partial charge in [-0.25, -0.2) is 13.9 Å². The van der Waals surface area contributed by atoms with Gasteiger partial charge in [0, 0.05) is 0 Å². The normalized spacial score (nSPS) is 37.9. The Morgan fingerprint density at radius 3 is 2.97 bits per heavy atom. The van der Waals surface area contributed by atoms with Crippen molar-refractivity contribution in [1.82, 2.24) is 19.5 Å². The number of nitrogens with two attached hydrogens (primary N) is 1. The number of H-pyrrole nitrogens is 1. The smallest absolute Gasteiger partial charge is 0.369 e. The summed E-state index contributed by atoms with van der Waals surface area (Å²) in [5, 5.41) is 0. The van der Waals surface area contributed by atoms with Crippen LogP contribution < -0.4 is 11.3 Å². The number of fused-ring (bicyclic) bond motifs is 2. The molecule has 5 atom stereocenters. The number of hydrogen-bond acceptors (Lipinski definition) is 9. The molecule has 2 aromatic rings. The minimum Gasteiger partial charge on any atom is -0.369 e. The molecule has 13 heteroatoms. The first-order valence-electron chi connectivity index (χ1n) is 9.45. The van der Waals surface area contributed by atoms with Crippen LogP contribution in [0.5, 0.6) is 0 Å². The second kappa shape index (κ2) is 6.58. The number of hydrogen-bond donors (Lipinski definition) is 2. The van der Waals surface area contributed by atoms with Crippen LogP contribution in [0, 0.1) is 0 Å². The van der Waals surface area contributed by atoms with E-state index in [1.165, 1.54) is 17.8 Å². The van der Waals surface area contributed by atoms with Gasteiger partial charge >= 0.3 is 7.82 Å². The number of ether oxygens (including phenoxy) is 1. The molecule has 1 saturated carbocycles. The second-order valence-electron chi connectivity index (χ2n) is 7.73.